The van der Waals surface area contributed by atoms with Crippen LogP contribution in [0.1, 0.15) is 29.3 Å². The molecule has 1 saturated heterocycles. The number of halogens is 1. The second-order valence-electron chi connectivity index (χ2n) is 12.8. The fraction of sp³-hybridized carbons (Fsp3) is 0.472. The molecule has 0 aromatic heterocycles. The summed E-state index contributed by atoms with van der Waals surface area (Å²) in [7, 11) is 0. The number of ether oxygens (including phenoxy) is 2. The predicted molar refractivity (Wildman–Crippen MR) is 186 cm³/mol. The normalized spacial score (nSPS) is 29.3. The van der Waals surface area contributed by atoms with Crippen LogP contribution in [0.3, 0.4) is 0 Å². The highest BCUT2D eigenvalue weighted by molar-refractivity contribution is 8.00. The van der Waals surface area contributed by atoms with Crippen molar-refractivity contribution in [1.29, 1.82) is 0 Å². The number of nitrogens with one attached hydrogen (secondary N) is 3. The molecule has 10 atom stereocenters. The first-order valence-electron chi connectivity index (χ1n) is 16.8. The molecule has 3 amide bonds. The number of aliphatic hydroxyl groups is 5. The molecule has 1 heterocycles. The van der Waals surface area contributed by atoms with E-state index < -0.39 is 90.1 Å². The number of carbonyl (C=O) groups is 3. The fourth-order valence-electron chi connectivity index (χ4n) is 6.62. The van der Waals surface area contributed by atoms with Crippen molar-refractivity contribution in [2.45, 2.75) is 73.1 Å². The molecule has 3 aromatic rings. The molecular weight excluding hydrogens is 685 g/mol. The summed E-state index contributed by atoms with van der Waals surface area (Å²) < 4.78 is 25.3. The number of thioether (sulfide) groups is 1. The third kappa shape index (κ3) is 9.61. The van der Waals surface area contributed by atoms with Gasteiger partial charge in [-0.25, -0.2) is 4.39 Å². The van der Waals surface area contributed by atoms with Crippen LogP contribution in [-0.2, 0) is 25.5 Å². The van der Waals surface area contributed by atoms with E-state index in [0.717, 1.165) is 22.5 Å². The van der Waals surface area contributed by atoms with Crippen molar-refractivity contribution in [3.8, 4) is 0 Å². The minimum atomic E-state index is -1.51. The van der Waals surface area contributed by atoms with Crippen molar-refractivity contribution in [3.05, 3.63) is 83.7 Å². The summed E-state index contributed by atoms with van der Waals surface area (Å²) >= 11 is 0.961. The lowest BCUT2D eigenvalue weighted by Gasteiger charge is -2.48. The van der Waals surface area contributed by atoms with E-state index in [1.807, 2.05) is 24.3 Å². The Hall–Kier alpha value is -3.67. The first kappa shape index (κ1) is 38.6. The summed E-state index contributed by atoms with van der Waals surface area (Å²) in [6.45, 7) is 0.350. The molecule has 1 aliphatic carbocycles. The monoisotopic (exact) mass is 729 g/mol. The molecule has 51 heavy (non-hydrogen) atoms. The van der Waals surface area contributed by atoms with Gasteiger partial charge in [-0.1, -0.05) is 42.5 Å². The Morgan fingerprint density at radius 1 is 0.902 bits per heavy atom. The molecule has 0 spiro atoms. The Kier molecular flexibility index (Phi) is 13.4. The highest BCUT2D eigenvalue weighted by atomic mass is 32.2. The van der Waals surface area contributed by atoms with Gasteiger partial charge in [-0.3, -0.25) is 14.4 Å². The summed E-state index contributed by atoms with van der Waals surface area (Å²) in [6, 6.07) is 16.0. The van der Waals surface area contributed by atoms with Gasteiger partial charge in [0.05, 0.1) is 43.9 Å². The number of carbonyl (C=O) groups excluding carboxylic acids is 3. The third-order valence-electron chi connectivity index (χ3n) is 9.20. The van der Waals surface area contributed by atoms with Crippen molar-refractivity contribution in [1.82, 2.24) is 16.0 Å². The lowest BCUT2D eigenvalue weighted by atomic mass is 9.81. The zero-order chi connectivity index (χ0) is 36.7. The Balaban J connectivity index is 1.24. The number of hydrogen-bond acceptors (Lipinski definition) is 11. The van der Waals surface area contributed by atoms with Crippen LogP contribution in [0.25, 0.3) is 10.8 Å². The maximum atomic E-state index is 13.5. The summed E-state index contributed by atoms with van der Waals surface area (Å²) in [5.41, 5.74) is -0.373. The van der Waals surface area contributed by atoms with Gasteiger partial charge in [0.2, 0.25) is 11.8 Å². The van der Waals surface area contributed by atoms with Gasteiger partial charge in [0, 0.05) is 30.9 Å². The molecule has 3 aromatic carbocycles. The summed E-state index contributed by atoms with van der Waals surface area (Å²) in [5.74, 6) is -2.43. The van der Waals surface area contributed by atoms with E-state index in [0.29, 0.717) is 11.1 Å². The molecule has 0 radical (unpaired) electrons. The Morgan fingerprint density at radius 2 is 1.67 bits per heavy atom. The van der Waals surface area contributed by atoms with Crippen LogP contribution in [0, 0.1) is 11.7 Å². The zero-order valence-corrected chi connectivity index (χ0v) is 28.7. The van der Waals surface area contributed by atoms with Crippen molar-refractivity contribution < 1.29 is 53.8 Å². The molecule has 0 bridgehead atoms. The standard InChI is InChI=1S/C36H44FN3O10S/c1-19(43)39-29-26(49-12-11-38-28(44)14-20-5-4-8-25(37)13-20)16-24(17-41)34(32(29)46)51-36-33(47)30(31(45)27(18-42)50-36)40-35(48)23-10-9-21-6-2-3-7-22(21)15-23/h2-10,13,15,24,26-27,29-34,36,41-42,45-47H,11-12,14,16-18H2,1H3,(H,38,44)(H,39,43)(H,40,48)/t24-,26-,27-,29+,30-,31+,32-,33-,34?,36?/m1/s1. The predicted octanol–water partition coefficient (Wildman–Crippen LogP) is 0.240. The minimum absolute atomic E-state index is 0.0113. The third-order valence-corrected chi connectivity index (χ3v) is 10.8. The molecule has 2 fully saturated rings. The van der Waals surface area contributed by atoms with Crippen LogP contribution in [-0.4, -0.2) is 123 Å². The highest BCUT2D eigenvalue weighted by Crippen LogP contribution is 2.41. The topological polar surface area (TPSA) is 207 Å². The van der Waals surface area contributed by atoms with E-state index in [1.54, 1.807) is 24.3 Å². The molecule has 5 rings (SSSR count). The maximum absolute atomic E-state index is 13.5. The number of fused-ring (bicyclic) bond motifs is 1. The maximum Gasteiger partial charge on any atom is 0.251 e. The van der Waals surface area contributed by atoms with Gasteiger partial charge in [0.15, 0.2) is 0 Å². The number of benzene rings is 3. The fourth-order valence-corrected chi connectivity index (χ4v) is 8.22. The number of hydrogen-bond donors (Lipinski definition) is 8. The average molecular weight is 730 g/mol. The van der Waals surface area contributed by atoms with E-state index in [9.17, 15) is 44.3 Å². The summed E-state index contributed by atoms with van der Waals surface area (Å²) in [5, 5.41) is 63.4. The van der Waals surface area contributed by atoms with Gasteiger partial charge in [0.25, 0.3) is 5.91 Å². The van der Waals surface area contributed by atoms with Crippen LogP contribution in [0.5, 0.6) is 0 Å². The van der Waals surface area contributed by atoms with Crippen LogP contribution in [0.4, 0.5) is 4.39 Å². The summed E-state index contributed by atoms with van der Waals surface area (Å²) in [6.07, 6.45) is -6.13. The molecule has 276 valence electrons. The molecule has 13 nitrogen and oxygen atoms in total. The Bertz CT molecular complexity index is 1670. The van der Waals surface area contributed by atoms with Crippen molar-refractivity contribution in [2.75, 3.05) is 26.4 Å². The Labute approximate surface area is 298 Å². The summed E-state index contributed by atoms with van der Waals surface area (Å²) in [4.78, 5) is 37.9. The molecule has 8 N–H and O–H groups in total. The van der Waals surface area contributed by atoms with Crippen LogP contribution < -0.4 is 16.0 Å². The number of amides is 3. The number of aliphatic hydroxyl groups excluding tert-OH is 5. The van der Waals surface area contributed by atoms with Crippen molar-refractivity contribution in [2.24, 2.45) is 5.92 Å². The SMILES string of the molecule is CC(=O)N[C@H]1[C@H](OCCNC(=O)Cc2cccc(F)c2)C[C@H](CO)C(SC2O[C@H](CO)[C@H](O)[C@@H](NC(=O)c3ccc4ccccc4c3)[C@H]2O)[C@@H]1O. The first-order valence-corrected chi connectivity index (χ1v) is 17.7. The second-order valence-corrected chi connectivity index (χ2v) is 14.1. The lowest BCUT2D eigenvalue weighted by Crippen LogP contribution is -2.65. The lowest BCUT2D eigenvalue weighted by molar-refractivity contribution is -0.165. The van der Waals surface area contributed by atoms with E-state index in [2.05, 4.69) is 16.0 Å². The van der Waals surface area contributed by atoms with Crippen LogP contribution >= 0.6 is 11.8 Å². The first-order chi connectivity index (χ1) is 24.5. The quantitative estimate of drug-likeness (QED) is 0.112. The molecule has 2 aliphatic rings. The van der Waals surface area contributed by atoms with Gasteiger partial charge in [-0.2, -0.15) is 0 Å². The molecule has 15 heteroatoms. The number of rotatable bonds is 13. The Morgan fingerprint density at radius 3 is 2.37 bits per heavy atom. The largest absolute Gasteiger partial charge is 0.396 e. The van der Waals surface area contributed by atoms with E-state index in [4.69, 9.17) is 9.47 Å². The van der Waals surface area contributed by atoms with Gasteiger partial charge >= 0.3 is 0 Å². The molecule has 1 saturated carbocycles. The van der Waals surface area contributed by atoms with Gasteiger partial charge in [-0.15, -0.1) is 11.8 Å². The minimum Gasteiger partial charge on any atom is -0.396 e. The van der Waals surface area contributed by atoms with Crippen molar-refractivity contribution in [3.63, 3.8) is 0 Å². The van der Waals surface area contributed by atoms with E-state index in [1.165, 1.54) is 25.1 Å². The average Bonchev–Trinajstić information content (AvgIpc) is 3.11. The van der Waals surface area contributed by atoms with Gasteiger partial charge in [-0.05, 0) is 52.9 Å². The van der Waals surface area contributed by atoms with Crippen molar-refractivity contribution >= 4 is 40.3 Å². The smallest absolute Gasteiger partial charge is 0.251 e. The molecule has 2 unspecified atom stereocenters. The molecule has 1 aliphatic heterocycles. The zero-order valence-electron chi connectivity index (χ0n) is 27.9. The van der Waals surface area contributed by atoms with Crippen LogP contribution in [0.15, 0.2) is 66.7 Å². The van der Waals surface area contributed by atoms with E-state index in [-0.39, 0.29) is 31.9 Å². The van der Waals surface area contributed by atoms with Gasteiger partial charge in [0.1, 0.15) is 29.6 Å². The van der Waals surface area contributed by atoms with Crippen LogP contribution in [0.2, 0.25) is 0 Å². The highest BCUT2D eigenvalue weighted by Gasteiger charge is 2.51. The van der Waals surface area contributed by atoms with E-state index >= 15 is 0 Å². The second kappa shape index (κ2) is 17.7. The molecular formula is C36H44FN3O10S. The van der Waals surface area contributed by atoms with Gasteiger partial charge < -0.3 is 51.0 Å².